The number of ether oxygens (including phenoxy) is 1. The van der Waals surface area contributed by atoms with Gasteiger partial charge in [-0.3, -0.25) is 14.6 Å². The molecular formula is C23H26FN3O3. The first-order chi connectivity index (χ1) is 14.5. The highest BCUT2D eigenvalue weighted by Gasteiger charge is 2.30. The van der Waals surface area contributed by atoms with Gasteiger partial charge in [0.25, 0.3) is 0 Å². The topological polar surface area (TPSA) is 62.7 Å². The molecule has 2 amide bonds. The third-order valence-corrected chi connectivity index (χ3v) is 5.63. The van der Waals surface area contributed by atoms with Gasteiger partial charge in [0.1, 0.15) is 11.9 Å². The van der Waals surface area contributed by atoms with Gasteiger partial charge in [-0.15, -0.1) is 0 Å². The van der Waals surface area contributed by atoms with E-state index in [4.69, 9.17) is 4.74 Å². The van der Waals surface area contributed by atoms with Crippen LogP contribution in [0.2, 0.25) is 0 Å². The summed E-state index contributed by atoms with van der Waals surface area (Å²) in [7, 11) is 0. The molecule has 0 radical (unpaired) electrons. The molecule has 2 saturated heterocycles. The van der Waals surface area contributed by atoms with Crippen LogP contribution in [0, 0.1) is 12.7 Å². The molecule has 0 bridgehead atoms. The van der Waals surface area contributed by atoms with Gasteiger partial charge < -0.3 is 14.5 Å². The van der Waals surface area contributed by atoms with Crippen LogP contribution in [0.4, 0.5) is 4.39 Å². The van der Waals surface area contributed by atoms with Gasteiger partial charge in [0.15, 0.2) is 0 Å². The number of halogens is 1. The van der Waals surface area contributed by atoms with Crippen molar-refractivity contribution in [1.82, 2.24) is 14.8 Å². The first-order valence-corrected chi connectivity index (χ1v) is 10.4. The Kier molecular flexibility index (Phi) is 6.08. The van der Waals surface area contributed by atoms with E-state index in [1.54, 1.807) is 21.9 Å². The summed E-state index contributed by atoms with van der Waals surface area (Å²) < 4.78 is 20.0. The van der Waals surface area contributed by atoms with E-state index in [1.807, 2.05) is 25.1 Å². The molecular weight excluding hydrogens is 385 g/mol. The average Bonchev–Trinajstić information content (AvgIpc) is 3.14. The minimum absolute atomic E-state index is 0.0475. The Balaban J connectivity index is 1.46. The van der Waals surface area contributed by atoms with Crippen LogP contribution in [0.1, 0.15) is 41.5 Å². The van der Waals surface area contributed by atoms with Crippen molar-refractivity contribution in [2.24, 2.45) is 0 Å². The fourth-order valence-electron chi connectivity index (χ4n) is 4.09. The Morgan fingerprint density at radius 1 is 1.27 bits per heavy atom. The van der Waals surface area contributed by atoms with Crippen LogP contribution in [0.25, 0.3) is 0 Å². The van der Waals surface area contributed by atoms with Gasteiger partial charge in [-0.2, -0.15) is 0 Å². The van der Waals surface area contributed by atoms with Crippen molar-refractivity contribution in [1.29, 1.82) is 0 Å². The largest absolute Gasteiger partial charge is 0.368 e. The van der Waals surface area contributed by atoms with E-state index < -0.39 is 0 Å². The van der Waals surface area contributed by atoms with Gasteiger partial charge >= 0.3 is 0 Å². The smallest absolute Gasteiger partial charge is 0.242 e. The average molecular weight is 411 g/mol. The number of nitrogens with zero attached hydrogens (tertiary/aromatic N) is 3. The molecule has 4 rings (SSSR count). The number of likely N-dealkylation sites (tertiary alicyclic amines) is 1. The van der Waals surface area contributed by atoms with E-state index in [1.165, 1.54) is 6.07 Å². The summed E-state index contributed by atoms with van der Waals surface area (Å²) >= 11 is 0. The number of hydrogen-bond acceptors (Lipinski definition) is 4. The van der Waals surface area contributed by atoms with Gasteiger partial charge in [-0.1, -0.05) is 18.2 Å². The summed E-state index contributed by atoms with van der Waals surface area (Å²) in [6, 6.07) is 10.6. The molecule has 158 valence electrons. The number of aryl methyl sites for hydroxylation is 1. The van der Waals surface area contributed by atoms with Crippen LogP contribution in [-0.2, 0) is 20.7 Å². The second-order valence-corrected chi connectivity index (χ2v) is 7.93. The number of amides is 2. The van der Waals surface area contributed by atoms with E-state index in [-0.39, 0.29) is 30.3 Å². The van der Waals surface area contributed by atoms with Crippen LogP contribution >= 0.6 is 0 Å². The maximum Gasteiger partial charge on any atom is 0.242 e. The normalized spacial score (nSPS) is 19.4. The lowest BCUT2D eigenvalue weighted by atomic mass is 10.0. The third-order valence-electron chi connectivity index (χ3n) is 5.63. The molecule has 1 atom stereocenters. The summed E-state index contributed by atoms with van der Waals surface area (Å²) in [4.78, 5) is 32.5. The molecule has 7 heteroatoms. The van der Waals surface area contributed by atoms with Crippen molar-refractivity contribution < 1.29 is 18.7 Å². The van der Waals surface area contributed by atoms with Crippen molar-refractivity contribution in [3.05, 3.63) is 64.7 Å². The number of carbonyl (C=O) groups is 2. The fourth-order valence-corrected chi connectivity index (χ4v) is 4.09. The monoisotopic (exact) mass is 411 g/mol. The van der Waals surface area contributed by atoms with Gasteiger partial charge in [0, 0.05) is 31.6 Å². The number of benzene rings is 1. The molecule has 0 N–H and O–H groups in total. The third kappa shape index (κ3) is 4.67. The van der Waals surface area contributed by atoms with E-state index in [0.717, 1.165) is 23.4 Å². The molecule has 6 nitrogen and oxygen atoms in total. The number of carbonyl (C=O) groups excluding carboxylic acids is 2. The minimum Gasteiger partial charge on any atom is -0.368 e. The molecule has 2 aromatic rings. The number of hydrogen-bond donors (Lipinski definition) is 0. The summed E-state index contributed by atoms with van der Waals surface area (Å²) in [5.41, 5.74) is 3.16. The number of rotatable bonds is 5. The number of aromatic nitrogens is 1. The van der Waals surface area contributed by atoms with Crippen molar-refractivity contribution >= 4 is 11.8 Å². The zero-order valence-corrected chi connectivity index (χ0v) is 17.1. The molecule has 0 saturated carbocycles. The second-order valence-electron chi connectivity index (χ2n) is 7.93. The van der Waals surface area contributed by atoms with Crippen LogP contribution < -0.4 is 0 Å². The molecule has 1 unspecified atom stereocenters. The fraction of sp³-hybridized carbons (Fsp3) is 0.435. The van der Waals surface area contributed by atoms with Crippen molar-refractivity contribution in [3.8, 4) is 0 Å². The second kappa shape index (κ2) is 8.92. The molecule has 1 aromatic carbocycles. The lowest BCUT2D eigenvalue weighted by molar-refractivity contribution is -0.143. The van der Waals surface area contributed by atoms with E-state index in [9.17, 15) is 14.0 Å². The molecule has 1 aromatic heterocycles. The highest BCUT2D eigenvalue weighted by Crippen LogP contribution is 2.24. The van der Waals surface area contributed by atoms with Gasteiger partial charge in [-0.25, -0.2) is 4.39 Å². The van der Waals surface area contributed by atoms with Gasteiger partial charge in [0.2, 0.25) is 11.8 Å². The lowest BCUT2D eigenvalue weighted by Crippen LogP contribution is -2.47. The predicted molar refractivity (Wildman–Crippen MR) is 109 cm³/mol. The molecule has 30 heavy (non-hydrogen) atoms. The first-order valence-electron chi connectivity index (χ1n) is 10.4. The SMILES string of the molecule is Cc1cc(Cc2ccccc2F)cc(C2CN(C(=O)CN3CCCC3=O)CCO2)n1. The van der Waals surface area contributed by atoms with E-state index >= 15 is 0 Å². The first kappa shape index (κ1) is 20.5. The van der Waals surface area contributed by atoms with Crippen LogP contribution in [0.5, 0.6) is 0 Å². The molecule has 0 aliphatic carbocycles. The van der Waals surface area contributed by atoms with Gasteiger partial charge in [0.05, 0.1) is 25.4 Å². The Labute approximate surface area is 175 Å². The highest BCUT2D eigenvalue weighted by atomic mass is 19.1. The number of morpholine rings is 1. The minimum atomic E-state index is -0.337. The van der Waals surface area contributed by atoms with E-state index in [2.05, 4.69) is 4.98 Å². The molecule has 2 aliphatic heterocycles. The van der Waals surface area contributed by atoms with Gasteiger partial charge in [-0.05, 0) is 42.7 Å². The number of pyridine rings is 1. The summed E-state index contributed by atoms with van der Waals surface area (Å²) in [5, 5.41) is 0. The maximum absolute atomic E-state index is 14.1. The Morgan fingerprint density at radius 3 is 2.87 bits per heavy atom. The summed E-state index contributed by atoms with van der Waals surface area (Å²) in [6.07, 6.45) is 1.47. The van der Waals surface area contributed by atoms with Crippen molar-refractivity contribution in [2.75, 3.05) is 32.8 Å². The zero-order chi connectivity index (χ0) is 21.1. The molecule has 3 heterocycles. The molecule has 0 spiro atoms. The standard InChI is InChI=1S/C23H26FN3O3/c1-16-11-17(12-18-5-2-3-6-19(18)24)13-20(25-16)21-14-27(9-10-30-21)23(29)15-26-8-4-7-22(26)28/h2-3,5-6,11,13,21H,4,7-10,12,14-15H2,1H3. The Bertz CT molecular complexity index is 949. The highest BCUT2D eigenvalue weighted by molar-refractivity contribution is 5.86. The van der Waals surface area contributed by atoms with Crippen LogP contribution in [0.3, 0.4) is 0 Å². The summed E-state index contributed by atoms with van der Waals surface area (Å²) in [5.74, 6) is -0.236. The van der Waals surface area contributed by atoms with Crippen LogP contribution in [0.15, 0.2) is 36.4 Å². The maximum atomic E-state index is 14.1. The zero-order valence-electron chi connectivity index (χ0n) is 17.1. The van der Waals surface area contributed by atoms with E-state index in [0.29, 0.717) is 44.6 Å². The van der Waals surface area contributed by atoms with Crippen LogP contribution in [-0.4, -0.2) is 59.4 Å². The Hall–Kier alpha value is -2.80. The Morgan fingerprint density at radius 2 is 2.10 bits per heavy atom. The molecule has 2 fully saturated rings. The van der Waals surface area contributed by atoms with Crippen molar-refractivity contribution in [3.63, 3.8) is 0 Å². The van der Waals surface area contributed by atoms with Crippen molar-refractivity contribution in [2.45, 2.75) is 32.3 Å². The summed E-state index contributed by atoms with van der Waals surface area (Å²) in [6.45, 7) is 4.01. The lowest BCUT2D eigenvalue weighted by Gasteiger charge is -2.34. The predicted octanol–water partition coefficient (Wildman–Crippen LogP) is 2.64. The molecule has 2 aliphatic rings. The quantitative estimate of drug-likeness (QED) is 0.759.